The van der Waals surface area contributed by atoms with Gasteiger partial charge in [0, 0.05) is 16.8 Å². The van der Waals surface area contributed by atoms with Gasteiger partial charge < -0.3 is 10.2 Å². The molecule has 0 fully saturated rings. The summed E-state index contributed by atoms with van der Waals surface area (Å²) in [5.41, 5.74) is 15.7. The molecule has 1 N–H and O–H groups in total. The van der Waals surface area contributed by atoms with E-state index < -0.39 is 11.6 Å². The molecule has 4 nitrogen and oxygen atoms in total. The highest BCUT2D eigenvalue weighted by molar-refractivity contribution is 6.18. The van der Waals surface area contributed by atoms with Crippen LogP contribution in [0.2, 0.25) is 0 Å². The van der Waals surface area contributed by atoms with Crippen molar-refractivity contribution in [2.45, 2.75) is 11.6 Å². The van der Waals surface area contributed by atoms with E-state index in [0.717, 1.165) is 45.4 Å². The molecule has 8 aromatic carbocycles. The maximum atomic E-state index is 5.50. The van der Waals surface area contributed by atoms with Crippen LogP contribution < -0.4 is 10.2 Å². The molecular formula is C52H36N4. The maximum Gasteiger partial charge on any atom is 0.169 e. The predicted octanol–water partition coefficient (Wildman–Crippen LogP) is 12.0. The lowest BCUT2D eigenvalue weighted by Crippen LogP contribution is -2.40. The Bertz CT molecular complexity index is 2780. The molecule has 3 aliphatic rings. The summed E-state index contributed by atoms with van der Waals surface area (Å²) < 4.78 is 0. The lowest BCUT2D eigenvalue weighted by Gasteiger charge is -2.45. The minimum atomic E-state index is -0.625. The van der Waals surface area contributed by atoms with E-state index in [1.54, 1.807) is 0 Å². The van der Waals surface area contributed by atoms with Gasteiger partial charge in [-0.05, 0) is 74.3 Å². The first-order valence-corrected chi connectivity index (χ1v) is 19.2. The Morgan fingerprint density at radius 3 is 1.57 bits per heavy atom. The Kier molecular flexibility index (Phi) is 7.42. The lowest BCUT2D eigenvalue weighted by atomic mass is 9.63. The summed E-state index contributed by atoms with van der Waals surface area (Å²) in [5, 5.41) is 3.77. The number of fused-ring (bicyclic) bond motifs is 9. The molecule has 1 atom stereocenters. The Morgan fingerprint density at radius 2 is 0.893 bits per heavy atom. The average Bonchev–Trinajstić information content (AvgIpc) is 3.58. The number of aliphatic imine (C=N–C) groups is 2. The third-order valence-electron chi connectivity index (χ3n) is 11.5. The molecule has 0 saturated heterocycles. The molecule has 0 radical (unpaired) electrons. The van der Waals surface area contributed by atoms with E-state index in [9.17, 15) is 0 Å². The SMILES string of the molecule is c1ccc(C2=NC(c3ccc(-c4ccccc4)cc3)N=C(c3cccc4c3C3(c5ccccc5-4)c4ccccc4N(c4ccccc4)c4ccccc43)N2)cc1. The van der Waals surface area contributed by atoms with Crippen molar-refractivity contribution in [3.05, 3.63) is 245 Å². The van der Waals surface area contributed by atoms with Crippen LogP contribution in [0.25, 0.3) is 22.3 Å². The van der Waals surface area contributed by atoms with Crippen LogP contribution in [0.3, 0.4) is 0 Å². The van der Waals surface area contributed by atoms with Crippen LogP contribution in [0, 0.1) is 0 Å². The Labute approximate surface area is 326 Å². The van der Waals surface area contributed by atoms with Gasteiger partial charge >= 0.3 is 0 Å². The smallest absolute Gasteiger partial charge is 0.169 e. The summed E-state index contributed by atoms with van der Waals surface area (Å²) in [7, 11) is 0. The van der Waals surface area contributed by atoms with Gasteiger partial charge in [-0.15, -0.1) is 0 Å². The molecule has 0 aromatic heterocycles. The van der Waals surface area contributed by atoms with E-state index >= 15 is 0 Å². The van der Waals surface area contributed by atoms with Gasteiger partial charge in [-0.3, -0.25) is 0 Å². The van der Waals surface area contributed by atoms with Crippen LogP contribution in [-0.4, -0.2) is 11.7 Å². The Hall–Kier alpha value is -7.30. The second kappa shape index (κ2) is 12.9. The summed E-state index contributed by atoms with van der Waals surface area (Å²) in [6, 6.07) is 73.9. The van der Waals surface area contributed by atoms with Crippen molar-refractivity contribution in [1.29, 1.82) is 0 Å². The van der Waals surface area contributed by atoms with Gasteiger partial charge in [0.2, 0.25) is 0 Å². The summed E-state index contributed by atoms with van der Waals surface area (Å²) in [6.45, 7) is 0. The standard InChI is InChI=1S/C52H36N4/c1-4-17-35(18-5-1)36-31-33-38(34-32-36)50-53-49(37-19-6-2-7-20-37)54-51(55-50)42-25-16-24-41-40-23-10-11-26-43(40)52(48(41)42)44-27-12-14-29-46(44)56(39-21-8-3-9-22-39)47-30-15-13-28-45(47)52/h1-34,50H,(H,53,54,55). The second-order valence-corrected chi connectivity index (χ2v) is 14.5. The molecular weight excluding hydrogens is 681 g/mol. The number of rotatable bonds is 5. The van der Waals surface area contributed by atoms with Crippen LogP contribution >= 0.6 is 0 Å². The summed E-state index contributed by atoms with van der Waals surface area (Å²) >= 11 is 0. The number of nitrogens with zero attached hydrogens (tertiary/aromatic N) is 3. The van der Waals surface area contributed by atoms with Crippen LogP contribution in [0.5, 0.6) is 0 Å². The fourth-order valence-electron chi connectivity index (χ4n) is 9.18. The largest absolute Gasteiger partial charge is 0.324 e. The number of amidine groups is 2. The zero-order valence-corrected chi connectivity index (χ0v) is 30.5. The molecule has 56 heavy (non-hydrogen) atoms. The first-order valence-electron chi connectivity index (χ1n) is 19.2. The normalized spacial score (nSPS) is 15.8. The quantitative estimate of drug-likeness (QED) is 0.193. The number of hydrogen-bond donors (Lipinski definition) is 1. The van der Waals surface area contributed by atoms with E-state index in [1.807, 2.05) is 6.07 Å². The average molecular weight is 717 g/mol. The highest BCUT2D eigenvalue weighted by Gasteiger charge is 2.53. The molecule has 2 aliphatic heterocycles. The molecule has 1 spiro atoms. The van der Waals surface area contributed by atoms with Gasteiger partial charge in [0.05, 0.1) is 16.8 Å². The number of hydrogen-bond acceptors (Lipinski definition) is 4. The van der Waals surface area contributed by atoms with Crippen molar-refractivity contribution in [1.82, 2.24) is 5.32 Å². The van der Waals surface area contributed by atoms with E-state index in [0.29, 0.717) is 0 Å². The topological polar surface area (TPSA) is 40.0 Å². The van der Waals surface area contributed by atoms with Crippen molar-refractivity contribution >= 4 is 28.7 Å². The van der Waals surface area contributed by atoms with Crippen molar-refractivity contribution in [3.63, 3.8) is 0 Å². The Balaban J connectivity index is 1.15. The molecule has 0 amide bonds. The van der Waals surface area contributed by atoms with E-state index in [-0.39, 0.29) is 0 Å². The fourth-order valence-corrected chi connectivity index (χ4v) is 9.18. The highest BCUT2D eigenvalue weighted by Crippen LogP contribution is 2.64. The number of anilines is 3. The van der Waals surface area contributed by atoms with Crippen molar-refractivity contribution in [2.75, 3.05) is 4.90 Å². The van der Waals surface area contributed by atoms with Crippen LogP contribution in [0.1, 0.15) is 45.1 Å². The molecule has 1 aliphatic carbocycles. The minimum absolute atomic E-state index is 0.443. The van der Waals surface area contributed by atoms with Gasteiger partial charge in [0.25, 0.3) is 0 Å². The predicted molar refractivity (Wildman–Crippen MR) is 229 cm³/mol. The molecule has 8 aromatic rings. The van der Waals surface area contributed by atoms with Crippen molar-refractivity contribution in [3.8, 4) is 22.3 Å². The maximum absolute atomic E-state index is 5.50. The summed E-state index contributed by atoms with van der Waals surface area (Å²) in [4.78, 5) is 13.2. The zero-order chi connectivity index (χ0) is 37.1. The third kappa shape index (κ3) is 4.86. The number of benzene rings is 8. The summed E-state index contributed by atoms with van der Waals surface area (Å²) in [6.07, 6.45) is -0.443. The molecule has 0 bridgehead atoms. The lowest BCUT2D eigenvalue weighted by molar-refractivity contribution is 0.740. The van der Waals surface area contributed by atoms with Crippen LogP contribution in [-0.2, 0) is 5.41 Å². The monoisotopic (exact) mass is 716 g/mol. The molecule has 264 valence electrons. The van der Waals surface area contributed by atoms with Gasteiger partial charge in [-0.1, -0.05) is 182 Å². The highest BCUT2D eigenvalue weighted by atomic mass is 15.2. The molecule has 11 rings (SSSR count). The first kappa shape index (κ1) is 32.2. The summed E-state index contributed by atoms with van der Waals surface area (Å²) in [5.74, 6) is 1.61. The van der Waals surface area contributed by atoms with Gasteiger partial charge in [-0.25, -0.2) is 9.98 Å². The molecule has 1 unspecified atom stereocenters. The molecule has 2 heterocycles. The fraction of sp³-hybridized carbons (Fsp3) is 0.0385. The van der Waals surface area contributed by atoms with Crippen molar-refractivity contribution in [2.24, 2.45) is 9.98 Å². The van der Waals surface area contributed by atoms with Crippen LogP contribution in [0.15, 0.2) is 216 Å². The van der Waals surface area contributed by atoms with Crippen LogP contribution in [0.4, 0.5) is 17.1 Å². The first-order chi connectivity index (χ1) is 27.8. The van der Waals surface area contributed by atoms with Gasteiger partial charge in [-0.2, -0.15) is 0 Å². The van der Waals surface area contributed by atoms with Crippen molar-refractivity contribution < 1.29 is 0 Å². The van der Waals surface area contributed by atoms with Gasteiger partial charge in [0.15, 0.2) is 6.17 Å². The molecule has 4 heteroatoms. The minimum Gasteiger partial charge on any atom is -0.324 e. The number of nitrogens with one attached hydrogen (secondary N) is 1. The van der Waals surface area contributed by atoms with E-state index in [4.69, 9.17) is 9.98 Å². The number of para-hydroxylation sites is 3. The molecule has 0 saturated carbocycles. The van der Waals surface area contributed by atoms with E-state index in [1.165, 1.54) is 44.5 Å². The van der Waals surface area contributed by atoms with E-state index in [2.05, 4.69) is 210 Å². The second-order valence-electron chi connectivity index (χ2n) is 14.5. The zero-order valence-electron chi connectivity index (χ0n) is 30.5. The third-order valence-corrected chi connectivity index (χ3v) is 11.5. The van der Waals surface area contributed by atoms with Gasteiger partial charge in [0.1, 0.15) is 11.7 Å². The Morgan fingerprint density at radius 1 is 0.393 bits per heavy atom.